The number of aromatic nitrogens is 1. The molecule has 2 heterocycles. The largest absolute Gasteiger partial charge is 0.455 e. The highest BCUT2D eigenvalue weighted by molar-refractivity contribution is 5.80. The standard InChI is InChI=1S/C22H21N3O2/c23-22(26)20-12-16-6-1-2-7-17(16)14-25(20)15-18-8-3-4-10-21(18)27-19-9-5-11-24-13-19/h1-11,13,20H,12,14-15H2,(H2,23,26)/t20-/m0/s1. The fraction of sp³-hybridized carbons (Fsp3) is 0.182. The number of benzene rings is 2. The van der Waals surface area contributed by atoms with E-state index in [9.17, 15) is 4.79 Å². The summed E-state index contributed by atoms with van der Waals surface area (Å²) in [5.74, 6) is 1.14. The van der Waals surface area contributed by atoms with Gasteiger partial charge in [-0.2, -0.15) is 0 Å². The number of para-hydroxylation sites is 1. The van der Waals surface area contributed by atoms with Crippen LogP contribution in [-0.2, 0) is 24.3 Å². The first-order valence-electron chi connectivity index (χ1n) is 8.96. The van der Waals surface area contributed by atoms with Crippen molar-refractivity contribution in [3.63, 3.8) is 0 Å². The average Bonchev–Trinajstić information content (AvgIpc) is 2.69. The molecular formula is C22H21N3O2. The van der Waals surface area contributed by atoms with Crippen molar-refractivity contribution in [1.29, 1.82) is 0 Å². The van der Waals surface area contributed by atoms with Gasteiger partial charge in [0.25, 0.3) is 0 Å². The third kappa shape index (κ3) is 3.83. The van der Waals surface area contributed by atoms with Crippen molar-refractivity contribution < 1.29 is 9.53 Å². The van der Waals surface area contributed by atoms with Crippen LogP contribution in [0.25, 0.3) is 0 Å². The number of rotatable bonds is 5. The fourth-order valence-electron chi connectivity index (χ4n) is 3.51. The maximum absolute atomic E-state index is 12.1. The first-order chi connectivity index (χ1) is 13.2. The van der Waals surface area contributed by atoms with Gasteiger partial charge in [0, 0.05) is 24.8 Å². The Morgan fingerprint density at radius 3 is 2.63 bits per heavy atom. The zero-order chi connectivity index (χ0) is 18.6. The lowest BCUT2D eigenvalue weighted by Gasteiger charge is -2.35. The molecule has 0 aliphatic carbocycles. The average molecular weight is 359 g/mol. The highest BCUT2D eigenvalue weighted by Gasteiger charge is 2.30. The molecule has 3 aromatic rings. The van der Waals surface area contributed by atoms with E-state index in [0.717, 1.165) is 11.3 Å². The van der Waals surface area contributed by atoms with E-state index in [4.69, 9.17) is 10.5 Å². The second kappa shape index (κ2) is 7.60. The van der Waals surface area contributed by atoms with Crippen LogP contribution < -0.4 is 10.5 Å². The van der Waals surface area contributed by atoms with Crippen molar-refractivity contribution in [2.24, 2.45) is 5.73 Å². The van der Waals surface area contributed by atoms with Gasteiger partial charge in [-0.15, -0.1) is 0 Å². The molecule has 136 valence electrons. The van der Waals surface area contributed by atoms with Crippen LogP contribution in [0.2, 0.25) is 0 Å². The Hall–Kier alpha value is -3.18. The van der Waals surface area contributed by atoms with Crippen molar-refractivity contribution in [1.82, 2.24) is 9.88 Å². The molecule has 0 saturated carbocycles. The molecule has 5 heteroatoms. The Labute approximate surface area is 158 Å². The first-order valence-corrected chi connectivity index (χ1v) is 8.96. The number of fused-ring (bicyclic) bond motifs is 1. The minimum absolute atomic E-state index is 0.296. The summed E-state index contributed by atoms with van der Waals surface area (Å²) in [4.78, 5) is 18.3. The Kier molecular flexibility index (Phi) is 4.85. The minimum Gasteiger partial charge on any atom is -0.455 e. The lowest BCUT2D eigenvalue weighted by molar-refractivity contribution is -0.124. The molecule has 2 N–H and O–H groups in total. The van der Waals surface area contributed by atoms with Crippen molar-refractivity contribution in [3.8, 4) is 11.5 Å². The minimum atomic E-state index is -0.327. The molecule has 1 aromatic heterocycles. The summed E-state index contributed by atoms with van der Waals surface area (Å²) < 4.78 is 6.01. The van der Waals surface area contributed by atoms with Crippen LogP contribution in [0.4, 0.5) is 0 Å². The molecule has 1 amide bonds. The summed E-state index contributed by atoms with van der Waals surface area (Å²) >= 11 is 0. The zero-order valence-electron chi connectivity index (χ0n) is 14.9. The van der Waals surface area contributed by atoms with E-state index in [2.05, 4.69) is 22.0 Å². The van der Waals surface area contributed by atoms with Crippen LogP contribution >= 0.6 is 0 Å². The van der Waals surface area contributed by atoms with Crippen LogP contribution in [0.1, 0.15) is 16.7 Å². The SMILES string of the molecule is NC(=O)[C@@H]1Cc2ccccc2CN1Cc1ccccc1Oc1cccnc1. The summed E-state index contributed by atoms with van der Waals surface area (Å²) in [5, 5.41) is 0. The number of pyridine rings is 1. The van der Waals surface area contributed by atoms with E-state index in [1.54, 1.807) is 12.4 Å². The van der Waals surface area contributed by atoms with Gasteiger partial charge in [0.2, 0.25) is 5.91 Å². The second-order valence-electron chi connectivity index (χ2n) is 6.69. The van der Waals surface area contributed by atoms with E-state index in [1.807, 2.05) is 48.5 Å². The highest BCUT2D eigenvalue weighted by Crippen LogP contribution is 2.29. The van der Waals surface area contributed by atoms with Gasteiger partial charge < -0.3 is 10.5 Å². The summed E-state index contributed by atoms with van der Waals surface area (Å²) in [6, 6.07) is 19.4. The van der Waals surface area contributed by atoms with E-state index in [-0.39, 0.29) is 11.9 Å². The molecule has 27 heavy (non-hydrogen) atoms. The molecule has 1 aliphatic rings. The number of hydrogen-bond acceptors (Lipinski definition) is 4. The lowest BCUT2D eigenvalue weighted by atomic mass is 9.93. The number of nitrogens with two attached hydrogens (primary N) is 1. The maximum atomic E-state index is 12.1. The Morgan fingerprint density at radius 2 is 1.85 bits per heavy atom. The first kappa shape index (κ1) is 17.2. The topological polar surface area (TPSA) is 68.5 Å². The highest BCUT2D eigenvalue weighted by atomic mass is 16.5. The lowest BCUT2D eigenvalue weighted by Crippen LogP contribution is -2.48. The molecule has 0 unspecified atom stereocenters. The number of hydrogen-bond donors (Lipinski definition) is 1. The number of amides is 1. The van der Waals surface area contributed by atoms with Gasteiger partial charge in [0.15, 0.2) is 0 Å². The van der Waals surface area contributed by atoms with E-state index in [0.29, 0.717) is 25.3 Å². The second-order valence-corrected chi connectivity index (χ2v) is 6.69. The Morgan fingerprint density at radius 1 is 1.07 bits per heavy atom. The van der Waals surface area contributed by atoms with Gasteiger partial charge in [0.05, 0.1) is 12.2 Å². The fourth-order valence-corrected chi connectivity index (χ4v) is 3.51. The van der Waals surface area contributed by atoms with Gasteiger partial charge in [-0.05, 0) is 35.7 Å². The molecule has 0 spiro atoms. The van der Waals surface area contributed by atoms with Crippen LogP contribution in [0.5, 0.6) is 11.5 Å². The Balaban J connectivity index is 1.60. The molecule has 1 aliphatic heterocycles. The molecule has 0 saturated heterocycles. The third-order valence-electron chi connectivity index (χ3n) is 4.88. The van der Waals surface area contributed by atoms with E-state index < -0.39 is 0 Å². The zero-order valence-corrected chi connectivity index (χ0v) is 14.9. The van der Waals surface area contributed by atoms with Gasteiger partial charge in [-0.1, -0.05) is 42.5 Å². The normalized spacial score (nSPS) is 16.5. The van der Waals surface area contributed by atoms with Gasteiger partial charge in [-0.3, -0.25) is 14.7 Å². The maximum Gasteiger partial charge on any atom is 0.235 e. The molecule has 0 fully saturated rings. The summed E-state index contributed by atoms with van der Waals surface area (Å²) in [6.45, 7) is 1.27. The molecule has 2 aromatic carbocycles. The van der Waals surface area contributed by atoms with Gasteiger partial charge in [0.1, 0.15) is 11.5 Å². The molecular weight excluding hydrogens is 338 g/mol. The molecule has 1 atom stereocenters. The number of nitrogens with zero attached hydrogens (tertiary/aromatic N) is 2. The predicted molar refractivity (Wildman–Crippen MR) is 103 cm³/mol. The number of carbonyl (C=O) groups excluding carboxylic acids is 1. The number of primary amides is 1. The molecule has 5 nitrogen and oxygen atoms in total. The van der Waals surface area contributed by atoms with Crippen LogP contribution in [0.15, 0.2) is 73.1 Å². The monoisotopic (exact) mass is 359 g/mol. The van der Waals surface area contributed by atoms with Crippen molar-refractivity contribution >= 4 is 5.91 Å². The van der Waals surface area contributed by atoms with Crippen molar-refractivity contribution in [2.75, 3.05) is 0 Å². The molecule has 0 bridgehead atoms. The summed E-state index contributed by atoms with van der Waals surface area (Å²) in [6.07, 6.45) is 4.03. The number of carbonyl (C=O) groups is 1. The predicted octanol–water partition coefficient (Wildman–Crippen LogP) is 3.29. The van der Waals surface area contributed by atoms with Gasteiger partial charge >= 0.3 is 0 Å². The molecule has 4 rings (SSSR count). The third-order valence-corrected chi connectivity index (χ3v) is 4.88. The quantitative estimate of drug-likeness (QED) is 0.759. The summed E-state index contributed by atoms with van der Waals surface area (Å²) in [7, 11) is 0. The van der Waals surface area contributed by atoms with Crippen LogP contribution in [0, 0.1) is 0 Å². The van der Waals surface area contributed by atoms with Gasteiger partial charge in [-0.25, -0.2) is 0 Å². The van der Waals surface area contributed by atoms with Crippen molar-refractivity contribution in [3.05, 3.63) is 89.7 Å². The smallest absolute Gasteiger partial charge is 0.235 e. The van der Waals surface area contributed by atoms with E-state index in [1.165, 1.54) is 11.1 Å². The van der Waals surface area contributed by atoms with E-state index >= 15 is 0 Å². The molecule has 0 radical (unpaired) electrons. The van der Waals surface area contributed by atoms with Crippen LogP contribution in [0.3, 0.4) is 0 Å². The van der Waals surface area contributed by atoms with Crippen LogP contribution in [-0.4, -0.2) is 21.8 Å². The Bertz CT molecular complexity index is 943. The number of ether oxygens (including phenoxy) is 1. The van der Waals surface area contributed by atoms with Crippen molar-refractivity contribution in [2.45, 2.75) is 25.6 Å². The summed E-state index contributed by atoms with van der Waals surface area (Å²) in [5.41, 5.74) is 9.15.